The zero-order valence-corrected chi connectivity index (χ0v) is 13.3. The Hall–Kier alpha value is -3.48. The summed E-state index contributed by atoms with van der Waals surface area (Å²) in [6.07, 6.45) is 4.30. The summed E-state index contributed by atoms with van der Waals surface area (Å²) in [5.41, 5.74) is 10.4. The summed E-state index contributed by atoms with van der Waals surface area (Å²) < 4.78 is 0. The lowest BCUT2D eigenvalue weighted by molar-refractivity contribution is -0.384. The fourth-order valence-corrected chi connectivity index (χ4v) is 1.25. The molecule has 1 amide bonds. The van der Waals surface area contributed by atoms with Gasteiger partial charge in [0.1, 0.15) is 0 Å². The predicted molar refractivity (Wildman–Crippen MR) is 95.3 cm³/mol. The molecule has 2 aromatic carbocycles. The maximum atomic E-state index is 10.3. The third-order valence-electron chi connectivity index (χ3n) is 2.17. The lowest BCUT2D eigenvalue weighted by Gasteiger charge is -1.91. The van der Waals surface area contributed by atoms with Gasteiger partial charge in [0.25, 0.3) is 5.69 Å². The van der Waals surface area contributed by atoms with E-state index in [1.54, 1.807) is 18.3 Å². The van der Waals surface area contributed by atoms with E-state index in [2.05, 4.69) is 10.7 Å². The molecule has 0 radical (unpaired) electrons. The van der Waals surface area contributed by atoms with Gasteiger partial charge in [-0.2, -0.15) is 0 Å². The molecule has 0 bridgehead atoms. The summed E-state index contributed by atoms with van der Waals surface area (Å²) in [5.74, 6) is -0.333. The van der Waals surface area contributed by atoms with Gasteiger partial charge < -0.3 is 11.5 Å². The van der Waals surface area contributed by atoms with Gasteiger partial charge in [-0.25, -0.2) is 0 Å². The van der Waals surface area contributed by atoms with Crippen molar-refractivity contribution < 1.29 is 9.72 Å². The van der Waals surface area contributed by atoms with E-state index in [-0.39, 0.29) is 11.6 Å². The van der Waals surface area contributed by atoms with Crippen LogP contribution >= 0.6 is 0 Å². The molecule has 0 heterocycles. The van der Waals surface area contributed by atoms with Gasteiger partial charge in [-0.05, 0) is 17.7 Å². The number of hydrogen-bond acceptors (Lipinski definition) is 5. The van der Waals surface area contributed by atoms with Gasteiger partial charge in [0.15, 0.2) is 0 Å². The van der Waals surface area contributed by atoms with Crippen LogP contribution in [0.4, 0.5) is 5.69 Å². The van der Waals surface area contributed by atoms with Crippen LogP contribution in [0.25, 0.3) is 0 Å². The molecule has 0 aromatic heterocycles. The second kappa shape index (κ2) is 13.2. The molecular weight excluding hydrogens is 308 g/mol. The topological polar surface area (TPSA) is 125 Å². The van der Waals surface area contributed by atoms with Crippen molar-refractivity contribution in [3.8, 4) is 0 Å². The van der Waals surface area contributed by atoms with Gasteiger partial charge in [0.05, 0.1) is 4.92 Å². The fraction of sp³-hybridized carbons (Fsp3) is 0.0588. The zero-order valence-electron chi connectivity index (χ0n) is 13.3. The number of primary amides is 1. The Morgan fingerprint density at radius 3 is 1.83 bits per heavy atom. The molecule has 2 aromatic rings. The van der Waals surface area contributed by atoms with Crippen molar-refractivity contribution in [3.63, 3.8) is 0 Å². The van der Waals surface area contributed by atoms with Gasteiger partial charge in [0.2, 0.25) is 5.91 Å². The molecule has 24 heavy (non-hydrogen) atoms. The van der Waals surface area contributed by atoms with E-state index in [9.17, 15) is 14.9 Å². The molecule has 0 spiro atoms. The van der Waals surface area contributed by atoms with Gasteiger partial charge in [-0.15, -0.1) is 0 Å². The van der Waals surface area contributed by atoms with E-state index in [1.807, 2.05) is 36.4 Å². The molecule has 0 fully saturated rings. The minimum absolute atomic E-state index is 0.0662. The number of carbonyl (C=O) groups is 1. The highest BCUT2D eigenvalue weighted by Gasteiger charge is 2.01. The second-order valence-corrected chi connectivity index (χ2v) is 4.23. The van der Waals surface area contributed by atoms with E-state index < -0.39 is 4.92 Å². The van der Waals surface area contributed by atoms with Crippen molar-refractivity contribution in [1.29, 1.82) is 0 Å². The van der Waals surface area contributed by atoms with Crippen LogP contribution in [0, 0.1) is 10.1 Å². The molecule has 0 saturated carbocycles. The van der Waals surface area contributed by atoms with Crippen LogP contribution in [0.5, 0.6) is 0 Å². The number of benzene rings is 2. The average Bonchev–Trinajstić information content (AvgIpc) is 2.57. The van der Waals surface area contributed by atoms with Gasteiger partial charge in [-0.1, -0.05) is 36.4 Å². The van der Waals surface area contributed by atoms with E-state index in [0.717, 1.165) is 5.56 Å². The number of carbonyl (C=O) groups excluding carboxylic acids is 1. The Kier molecular flexibility index (Phi) is 11.3. The van der Waals surface area contributed by atoms with Crippen molar-refractivity contribution >= 4 is 17.8 Å². The Morgan fingerprint density at radius 2 is 1.50 bits per heavy atom. The molecule has 0 unspecified atom stereocenters. The summed E-state index contributed by atoms with van der Waals surface area (Å²) in [6.45, 7) is 1.31. The SMILES string of the molecule is CC(N)=O.N/C=C\N=Cc1ccc([N+](=O)[O-])cc1.c1ccccc1. The van der Waals surface area contributed by atoms with Crippen molar-refractivity contribution in [1.82, 2.24) is 0 Å². The van der Waals surface area contributed by atoms with Crippen LogP contribution in [-0.2, 0) is 4.79 Å². The van der Waals surface area contributed by atoms with Crippen LogP contribution in [0.15, 0.2) is 78.1 Å². The quantitative estimate of drug-likeness (QED) is 0.510. The Morgan fingerprint density at radius 1 is 1.08 bits per heavy atom. The van der Waals surface area contributed by atoms with Crippen LogP contribution in [0.2, 0.25) is 0 Å². The van der Waals surface area contributed by atoms with E-state index >= 15 is 0 Å². The van der Waals surface area contributed by atoms with E-state index in [1.165, 1.54) is 31.5 Å². The monoisotopic (exact) mass is 328 g/mol. The lowest BCUT2D eigenvalue weighted by Crippen LogP contribution is -2.01. The predicted octanol–water partition coefficient (Wildman–Crippen LogP) is 2.62. The first-order valence-corrected chi connectivity index (χ1v) is 6.87. The van der Waals surface area contributed by atoms with E-state index in [0.29, 0.717) is 0 Å². The molecule has 0 aliphatic carbocycles. The largest absolute Gasteiger partial charge is 0.403 e. The summed E-state index contributed by atoms with van der Waals surface area (Å²) in [5, 5.41) is 10.3. The molecule has 7 heteroatoms. The third kappa shape index (κ3) is 12.3. The number of hydrogen-bond donors (Lipinski definition) is 2. The van der Waals surface area contributed by atoms with Gasteiger partial charge >= 0.3 is 0 Å². The smallest absolute Gasteiger partial charge is 0.269 e. The molecule has 2 rings (SSSR count). The summed E-state index contributed by atoms with van der Waals surface area (Å²) in [7, 11) is 0. The average molecular weight is 328 g/mol. The number of nitrogens with two attached hydrogens (primary N) is 2. The minimum atomic E-state index is -0.444. The highest BCUT2D eigenvalue weighted by Crippen LogP contribution is 2.10. The summed E-state index contributed by atoms with van der Waals surface area (Å²) >= 11 is 0. The molecule has 0 atom stereocenters. The number of amides is 1. The number of non-ortho nitro benzene ring substituents is 1. The van der Waals surface area contributed by atoms with Gasteiger partial charge in [0, 0.05) is 37.7 Å². The van der Waals surface area contributed by atoms with Gasteiger partial charge in [-0.3, -0.25) is 19.9 Å². The normalized spacial score (nSPS) is 9.54. The Balaban J connectivity index is 0.000000433. The number of nitro groups is 1. The van der Waals surface area contributed by atoms with E-state index in [4.69, 9.17) is 5.73 Å². The number of nitrogens with zero attached hydrogens (tertiary/aromatic N) is 2. The lowest BCUT2D eigenvalue weighted by atomic mass is 10.2. The molecule has 126 valence electrons. The molecule has 4 N–H and O–H groups in total. The molecular formula is C17H20N4O3. The van der Waals surface area contributed by atoms with Crippen LogP contribution in [0.1, 0.15) is 12.5 Å². The molecule has 0 saturated heterocycles. The summed E-state index contributed by atoms with van der Waals surface area (Å²) in [6, 6.07) is 18.1. The highest BCUT2D eigenvalue weighted by molar-refractivity contribution is 5.80. The van der Waals surface area contributed by atoms with Crippen LogP contribution < -0.4 is 11.5 Å². The first kappa shape index (κ1) is 20.5. The first-order valence-electron chi connectivity index (χ1n) is 6.87. The fourth-order valence-electron chi connectivity index (χ4n) is 1.25. The number of rotatable bonds is 3. The van der Waals surface area contributed by atoms with Crippen molar-refractivity contribution in [2.45, 2.75) is 6.92 Å². The highest BCUT2D eigenvalue weighted by atomic mass is 16.6. The van der Waals surface area contributed by atoms with Crippen LogP contribution in [-0.4, -0.2) is 17.0 Å². The van der Waals surface area contributed by atoms with Crippen molar-refractivity contribution in [2.24, 2.45) is 16.5 Å². The van der Waals surface area contributed by atoms with Crippen LogP contribution in [0.3, 0.4) is 0 Å². The zero-order chi connectivity index (χ0) is 18.2. The first-order chi connectivity index (χ1) is 11.5. The second-order valence-electron chi connectivity index (χ2n) is 4.23. The molecule has 7 nitrogen and oxygen atoms in total. The number of aliphatic imine (C=N–C) groups is 1. The number of nitro benzene ring substituents is 1. The molecule has 0 aliphatic heterocycles. The van der Waals surface area contributed by atoms with Crippen molar-refractivity contribution in [2.75, 3.05) is 0 Å². The molecule has 0 aliphatic rings. The maximum absolute atomic E-state index is 10.3. The Bertz CT molecular complexity index is 623. The minimum Gasteiger partial charge on any atom is -0.403 e. The Labute approximate surface area is 140 Å². The maximum Gasteiger partial charge on any atom is 0.269 e. The third-order valence-corrected chi connectivity index (χ3v) is 2.17. The summed E-state index contributed by atoms with van der Waals surface area (Å²) in [4.78, 5) is 22.9. The van der Waals surface area contributed by atoms with Crippen molar-refractivity contribution in [3.05, 3.63) is 88.7 Å². The standard InChI is InChI=1S/C9H9N3O2.C6H6.C2H5NO/c10-5-6-11-7-8-1-3-9(4-2-8)12(13)14;1-2-4-6-5-3-1;1-2(3)4/h1-7H,10H2;1-6H;1H3,(H2,3,4)/b6-5-,11-7?;;.